The maximum atomic E-state index is 12.7. The predicted octanol–water partition coefficient (Wildman–Crippen LogP) is 4.00. The maximum absolute atomic E-state index is 12.7. The van der Waals surface area contributed by atoms with E-state index in [1.54, 1.807) is 0 Å². The van der Waals surface area contributed by atoms with E-state index < -0.39 is 0 Å². The molecule has 4 heteroatoms. The first-order chi connectivity index (χ1) is 10.0. The third kappa shape index (κ3) is 3.85. The number of amides is 1. The number of anilines is 1. The highest BCUT2D eigenvalue weighted by molar-refractivity contribution is 9.10. The number of hydrogen-bond acceptors (Lipinski definition) is 2. The molecule has 21 heavy (non-hydrogen) atoms. The lowest BCUT2D eigenvalue weighted by Crippen LogP contribution is -2.30. The zero-order chi connectivity index (χ0) is 15.4. The lowest BCUT2D eigenvalue weighted by Gasteiger charge is -2.22. The maximum Gasteiger partial charge on any atom is 0.255 e. The van der Waals surface area contributed by atoms with Gasteiger partial charge in [-0.15, -0.1) is 0 Å². The Morgan fingerprint density at radius 1 is 1.19 bits per heavy atom. The molecule has 0 aliphatic rings. The van der Waals surface area contributed by atoms with Crippen molar-refractivity contribution in [1.29, 1.82) is 0 Å². The van der Waals surface area contributed by atoms with Gasteiger partial charge in [0.15, 0.2) is 0 Å². The molecule has 0 saturated heterocycles. The van der Waals surface area contributed by atoms with Gasteiger partial charge in [0, 0.05) is 23.2 Å². The van der Waals surface area contributed by atoms with Crippen LogP contribution in [0.25, 0.3) is 0 Å². The minimum Gasteiger partial charge on any atom is -0.399 e. The van der Waals surface area contributed by atoms with Crippen molar-refractivity contribution < 1.29 is 4.79 Å². The van der Waals surface area contributed by atoms with Crippen LogP contribution in [0.4, 0.5) is 5.69 Å². The van der Waals surface area contributed by atoms with Crippen LogP contribution in [0.5, 0.6) is 0 Å². The summed E-state index contributed by atoms with van der Waals surface area (Å²) in [5.74, 6) is 0.0289. The van der Waals surface area contributed by atoms with Crippen LogP contribution in [0.1, 0.15) is 28.4 Å². The third-order valence-corrected chi connectivity index (χ3v) is 4.03. The summed E-state index contributed by atoms with van der Waals surface area (Å²) < 4.78 is 0.836. The Hall–Kier alpha value is -1.81. The Morgan fingerprint density at radius 3 is 2.43 bits per heavy atom. The predicted molar refractivity (Wildman–Crippen MR) is 90.1 cm³/mol. The topological polar surface area (TPSA) is 46.3 Å². The molecule has 0 heterocycles. The van der Waals surface area contributed by atoms with Crippen molar-refractivity contribution in [3.63, 3.8) is 0 Å². The quantitative estimate of drug-likeness (QED) is 0.850. The van der Waals surface area contributed by atoms with Gasteiger partial charge in [0.2, 0.25) is 0 Å². The van der Waals surface area contributed by atoms with Crippen LogP contribution in [0.3, 0.4) is 0 Å². The van der Waals surface area contributed by atoms with Crippen molar-refractivity contribution in [2.45, 2.75) is 20.4 Å². The molecule has 2 rings (SSSR count). The average Bonchev–Trinajstić information content (AvgIpc) is 2.46. The van der Waals surface area contributed by atoms with E-state index in [2.05, 4.69) is 15.9 Å². The molecule has 0 unspecified atom stereocenters. The van der Waals surface area contributed by atoms with Gasteiger partial charge in [0.05, 0.1) is 5.56 Å². The number of halogens is 1. The SMILES string of the molecule is CCN(Cc1ccc(N)cc1)C(=O)c1ccc(C)cc1Br. The number of carbonyl (C=O) groups is 1. The summed E-state index contributed by atoms with van der Waals surface area (Å²) in [5.41, 5.74) is 9.31. The number of hydrogen-bond donors (Lipinski definition) is 1. The van der Waals surface area contributed by atoms with E-state index in [0.29, 0.717) is 18.7 Å². The average molecular weight is 347 g/mol. The summed E-state index contributed by atoms with van der Waals surface area (Å²) in [6.07, 6.45) is 0. The number of aryl methyl sites for hydroxylation is 1. The molecule has 2 aromatic carbocycles. The number of nitrogens with two attached hydrogens (primary N) is 1. The van der Waals surface area contributed by atoms with E-state index in [4.69, 9.17) is 5.73 Å². The first kappa shape index (κ1) is 15.6. The lowest BCUT2D eigenvalue weighted by atomic mass is 10.1. The number of rotatable bonds is 4. The van der Waals surface area contributed by atoms with E-state index in [9.17, 15) is 4.79 Å². The van der Waals surface area contributed by atoms with Gasteiger partial charge in [-0.1, -0.05) is 18.2 Å². The van der Waals surface area contributed by atoms with Crippen LogP contribution in [-0.4, -0.2) is 17.4 Å². The summed E-state index contributed by atoms with van der Waals surface area (Å²) in [7, 11) is 0. The summed E-state index contributed by atoms with van der Waals surface area (Å²) in [6, 6.07) is 13.4. The Labute approximate surface area is 133 Å². The van der Waals surface area contributed by atoms with Crippen molar-refractivity contribution in [2.75, 3.05) is 12.3 Å². The molecule has 0 spiro atoms. The lowest BCUT2D eigenvalue weighted by molar-refractivity contribution is 0.0751. The Bertz CT molecular complexity index is 638. The molecule has 0 aliphatic carbocycles. The smallest absolute Gasteiger partial charge is 0.255 e. The second-order valence-electron chi connectivity index (χ2n) is 5.04. The molecule has 2 N–H and O–H groups in total. The van der Waals surface area contributed by atoms with Crippen LogP contribution in [0.2, 0.25) is 0 Å². The Balaban J connectivity index is 2.20. The molecular formula is C17H19BrN2O. The summed E-state index contributed by atoms with van der Waals surface area (Å²) in [6.45, 7) is 5.22. The molecule has 0 aromatic heterocycles. The number of benzene rings is 2. The standard InChI is InChI=1S/C17H19BrN2O/c1-3-20(11-13-5-7-14(19)8-6-13)17(21)15-9-4-12(2)10-16(15)18/h4-10H,3,11,19H2,1-2H3. The highest BCUT2D eigenvalue weighted by Crippen LogP contribution is 2.21. The van der Waals surface area contributed by atoms with Gasteiger partial charge >= 0.3 is 0 Å². The summed E-state index contributed by atoms with van der Waals surface area (Å²) in [4.78, 5) is 14.5. The molecule has 0 atom stereocenters. The highest BCUT2D eigenvalue weighted by Gasteiger charge is 2.17. The first-order valence-electron chi connectivity index (χ1n) is 6.91. The highest BCUT2D eigenvalue weighted by atomic mass is 79.9. The van der Waals surface area contributed by atoms with E-state index in [1.165, 1.54) is 0 Å². The van der Waals surface area contributed by atoms with Gasteiger partial charge in [-0.05, 0) is 65.2 Å². The van der Waals surface area contributed by atoms with Crippen molar-refractivity contribution in [1.82, 2.24) is 4.90 Å². The Morgan fingerprint density at radius 2 is 1.86 bits per heavy atom. The fraction of sp³-hybridized carbons (Fsp3) is 0.235. The van der Waals surface area contributed by atoms with Gasteiger partial charge in [-0.2, -0.15) is 0 Å². The molecule has 0 fully saturated rings. The van der Waals surface area contributed by atoms with Gasteiger partial charge in [-0.25, -0.2) is 0 Å². The fourth-order valence-electron chi connectivity index (χ4n) is 2.13. The second kappa shape index (κ2) is 6.76. The number of carbonyl (C=O) groups excluding carboxylic acids is 1. The second-order valence-corrected chi connectivity index (χ2v) is 5.90. The van der Waals surface area contributed by atoms with E-state index in [1.807, 2.05) is 61.2 Å². The monoisotopic (exact) mass is 346 g/mol. The first-order valence-corrected chi connectivity index (χ1v) is 7.70. The number of nitrogens with zero attached hydrogens (tertiary/aromatic N) is 1. The third-order valence-electron chi connectivity index (χ3n) is 3.38. The van der Waals surface area contributed by atoms with Crippen LogP contribution >= 0.6 is 15.9 Å². The zero-order valence-electron chi connectivity index (χ0n) is 12.3. The van der Waals surface area contributed by atoms with Gasteiger partial charge in [0.25, 0.3) is 5.91 Å². The Kier molecular flexibility index (Phi) is 5.02. The molecule has 0 saturated carbocycles. The van der Waals surface area contributed by atoms with E-state index in [0.717, 1.165) is 21.3 Å². The van der Waals surface area contributed by atoms with Crippen LogP contribution in [0.15, 0.2) is 46.9 Å². The molecule has 3 nitrogen and oxygen atoms in total. The van der Waals surface area contributed by atoms with Crippen molar-refractivity contribution >= 4 is 27.5 Å². The minimum absolute atomic E-state index is 0.0289. The molecule has 110 valence electrons. The van der Waals surface area contributed by atoms with E-state index >= 15 is 0 Å². The molecule has 0 aliphatic heterocycles. The molecule has 2 aromatic rings. The van der Waals surface area contributed by atoms with Gasteiger partial charge in [0.1, 0.15) is 0 Å². The molecule has 1 amide bonds. The van der Waals surface area contributed by atoms with Crippen molar-refractivity contribution in [3.05, 3.63) is 63.6 Å². The summed E-state index contributed by atoms with van der Waals surface area (Å²) >= 11 is 3.48. The van der Waals surface area contributed by atoms with Gasteiger partial charge < -0.3 is 10.6 Å². The van der Waals surface area contributed by atoms with Crippen LogP contribution < -0.4 is 5.73 Å². The van der Waals surface area contributed by atoms with Crippen molar-refractivity contribution in [2.24, 2.45) is 0 Å². The normalized spacial score (nSPS) is 10.4. The van der Waals surface area contributed by atoms with Crippen LogP contribution in [-0.2, 0) is 6.54 Å². The number of nitrogen functional groups attached to an aromatic ring is 1. The molecular weight excluding hydrogens is 328 g/mol. The minimum atomic E-state index is 0.0289. The fourth-order valence-corrected chi connectivity index (χ4v) is 2.80. The zero-order valence-corrected chi connectivity index (χ0v) is 13.9. The van der Waals surface area contributed by atoms with Crippen molar-refractivity contribution in [3.8, 4) is 0 Å². The van der Waals surface area contributed by atoms with E-state index in [-0.39, 0.29) is 5.91 Å². The van der Waals surface area contributed by atoms with Crippen LogP contribution in [0, 0.1) is 6.92 Å². The largest absolute Gasteiger partial charge is 0.399 e. The molecule has 0 bridgehead atoms. The summed E-state index contributed by atoms with van der Waals surface area (Å²) in [5, 5.41) is 0. The molecule has 0 radical (unpaired) electrons. The van der Waals surface area contributed by atoms with Gasteiger partial charge in [-0.3, -0.25) is 4.79 Å².